The molecule has 1 aromatic rings. The van der Waals surface area contributed by atoms with Crippen molar-refractivity contribution in [2.75, 3.05) is 13.2 Å². The lowest BCUT2D eigenvalue weighted by Gasteiger charge is -2.10. The van der Waals surface area contributed by atoms with Crippen LogP contribution in [0.4, 0.5) is 0 Å². The number of rotatable bonds is 8. The highest BCUT2D eigenvalue weighted by Gasteiger charge is 2.05. The number of benzene rings is 1. The number of carbonyl (C=O) groups is 1. The van der Waals surface area contributed by atoms with E-state index in [2.05, 4.69) is 13.2 Å². The van der Waals surface area contributed by atoms with Crippen LogP contribution in [0.15, 0.2) is 43.5 Å². The average Bonchev–Trinajstić information content (AvgIpc) is 2.37. The maximum absolute atomic E-state index is 10.7. The monoisotopic (exact) mass is 232 g/mol. The highest BCUT2D eigenvalue weighted by Crippen LogP contribution is 2.20. The maximum Gasteiger partial charge on any atom is 0.150 e. The van der Waals surface area contributed by atoms with Gasteiger partial charge < -0.3 is 9.47 Å². The minimum atomic E-state index is 0.389. The van der Waals surface area contributed by atoms with Crippen molar-refractivity contribution in [2.24, 2.45) is 0 Å². The summed E-state index contributed by atoms with van der Waals surface area (Å²) in [5.41, 5.74) is 1.45. The molecular formula is C14H16O3. The fourth-order valence-electron chi connectivity index (χ4n) is 1.33. The molecule has 0 radical (unpaired) electrons. The first-order chi connectivity index (χ1) is 8.31. The van der Waals surface area contributed by atoms with Gasteiger partial charge >= 0.3 is 0 Å². The largest absolute Gasteiger partial charge is 0.489 e. The van der Waals surface area contributed by atoms with Crippen LogP contribution in [0, 0.1) is 0 Å². The first-order valence-corrected chi connectivity index (χ1v) is 5.32. The molecule has 0 aromatic heterocycles. The Labute approximate surface area is 101 Å². The zero-order valence-corrected chi connectivity index (χ0v) is 9.72. The molecule has 0 amide bonds. The molecule has 0 unspecified atom stereocenters. The molecule has 0 spiro atoms. The van der Waals surface area contributed by atoms with E-state index in [1.54, 1.807) is 30.4 Å². The molecule has 0 fully saturated rings. The van der Waals surface area contributed by atoms with E-state index in [1.807, 2.05) is 0 Å². The normalized spacial score (nSPS) is 9.65. The molecule has 0 aliphatic rings. The van der Waals surface area contributed by atoms with Crippen molar-refractivity contribution in [1.29, 1.82) is 0 Å². The summed E-state index contributed by atoms with van der Waals surface area (Å²) < 4.78 is 10.8. The maximum atomic E-state index is 10.7. The quantitative estimate of drug-likeness (QED) is 0.393. The Morgan fingerprint density at radius 2 is 1.94 bits per heavy atom. The van der Waals surface area contributed by atoms with E-state index in [0.29, 0.717) is 31.1 Å². The second-order valence-corrected chi connectivity index (χ2v) is 3.39. The SMILES string of the molecule is C=CCOCc1cc(C=O)ccc1OCC=C. The number of hydrogen-bond acceptors (Lipinski definition) is 3. The Morgan fingerprint density at radius 3 is 2.59 bits per heavy atom. The van der Waals surface area contributed by atoms with Gasteiger partial charge in [0.25, 0.3) is 0 Å². The van der Waals surface area contributed by atoms with Crippen LogP contribution in [0.25, 0.3) is 0 Å². The summed E-state index contributed by atoms with van der Waals surface area (Å²) in [5.74, 6) is 0.708. The van der Waals surface area contributed by atoms with Gasteiger partial charge in [0.1, 0.15) is 18.6 Å². The molecule has 17 heavy (non-hydrogen) atoms. The Balaban J connectivity index is 2.81. The van der Waals surface area contributed by atoms with Gasteiger partial charge in [-0.15, -0.1) is 6.58 Å². The number of carbonyl (C=O) groups excluding carboxylic acids is 1. The lowest BCUT2D eigenvalue weighted by Crippen LogP contribution is -2.01. The third-order valence-corrected chi connectivity index (χ3v) is 2.07. The summed E-state index contributed by atoms with van der Waals surface area (Å²) >= 11 is 0. The van der Waals surface area contributed by atoms with Gasteiger partial charge in [0.15, 0.2) is 0 Å². The van der Waals surface area contributed by atoms with Crippen molar-refractivity contribution in [3.8, 4) is 5.75 Å². The highest BCUT2D eigenvalue weighted by atomic mass is 16.5. The number of ether oxygens (including phenoxy) is 2. The predicted molar refractivity (Wildman–Crippen MR) is 67.4 cm³/mol. The molecule has 1 aromatic carbocycles. The summed E-state index contributed by atoms with van der Waals surface area (Å²) in [6.07, 6.45) is 4.14. The summed E-state index contributed by atoms with van der Waals surface area (Å²) in [7, 11) is 0. The van der Waals surface area contributed by atoms with Gasteiger partial charge in [-0.3, -0.25) is 4.79 Å². The topological polar surface area (TPSA) is 35.5 Å². The van der Waals surface area contributed by atoms with Crippen molar-refractivity contribution in [3.05, 3.63) is 54.6 Å². The fraction of sp³-hybridized carbons (Fsp3) is 0.214. The van der Waals surface area contributed by atoms with Gasteiger partial charge in [-0.05, 0) is 18.2 Å². The molecule has 0 atom stereocenters. The first kappa shape index (κ1) is 13.2. The second-order valence-electron chi connectivity index (χ2n) is 3.39. The molecule has 0 saturated heterocycles. The Kier molecular flexibility index (Phi) is 5.75. The molecule has 90 valence electrons. The fourth-order valence-corrected chi connectivity index (χ4v) is 1.33. The van der Waals surface area contributed by atoms with Crippen LogP contribution in [-0.4, -0.2) is 19.5 Å². The highest BCUT2D eigenvalue weighted by molar-refractivity contribution is 5.75. The molecule has 0 aliphatic heterocycles. The van der Waals surface area contributed by atoms with Gasteiger partial charge in [-0.25, -0.2) is 0 Å². The number of aldehydes is 1. The van der Waals surface area contributed by atoms with E-state index in [1.165, 1.54) is 0 Å². The third-order valence-electron chi connectivity index (χ3n) is 2.07. The molecule has 0 N–H and O–H groups in total. The van der Waals surface area contributed by atoms with E-state index in [4.69, 9.17) is 9.47 Å². The van der Waals surface area contributed by atoms with Crippen LogP contribution in [0.1, 0.15) is 15.9 Å². The van der Waals surface area contributed by atoms with Crippen molar-refractivity contribution in [1.82, 2.24) is 0 Å². The molecule has 3 heteroatoms. The second kappa shape index (κ2) is 7.41. The standard InChI is InChI=1S/C14H16O3/c1-3-7-16-11-13-9-12(10-15)5-6-14(13)17-8-4-2/h3-6,9-10H,1-2,7-8,11H2. The van der Waals surface area contributed by atoms with Crippen LogP contribution in [-0.2, 0) is 11.3 Å². The van der Waals surface area contributed by atoms with Gasteiger partial charge in [-0.1, -0.05) is 18.7 Å². The molecular weight excluding hydrogens is 216 g/mol. The van der Waals surface area contributed by atoms with E-state index >= 15 is 0 Å². The van der Waals surface area contributed by atoms with Gasteiger partial charge in [0.2, 0.25) is 0 Å². The van der Waals surface area contributed by atoms with Crippen LogP contribution >= 0.6 is 0 Å². The van der Waals surface area contributed by atoms with E-state index in [-0.39, 0.29) is 0 Å². The number of hydrogen-bond donors (Lipinski definition) is 0. The van der Waals surface area contributed by atoms with E-state index < -0.39 is 0 Å². The predicted octanol–water partition coefficient (Wildman–Crippen LogP) is 2.77. The summed E-state index contributed by atoms with van der Waals surface area (Å²) in [4.78, 5) is 10.7. The molecule has 0 bridgehead atoms. The van der Waals surface area contributed by atoms with Gasteiger partial charge in [0, 0.05) is 11.1 Å². The molecule has 3 nitrogen and oxygen atoms in total. The average molecular weight is 232 g/mol. The third kappa shape index (κ3) is 4.25. The van der Waals surface area contributed by atoms with E-state index in [9.17, 15) is 4.79 Å². The smallest absolute Gasteiger partial charge is 0.150 e. The Bertz CT molecular complexity index is 396. The summed E-state index contributed by atoms with van der Waals surface area (Å²) in [6.45, 7) is 8.44. The van der Waals surface area contributed by atoms with Crippen LogP contribution in [0.2, 0.25) is 0 Å². The molecule has 0 aliphatic carbocycles. The van der Waals surface area contributed by atoms with Crippen molar-refractivity contribution >= 4 is 6.29 Å². The lowest BCUT2D eigenvalue weighted by molar-refractivity contribution is 0.112. The molecule has 1 rings (SSSR count). The first-order valence-electron chi connectivity index (χ1n) is 5.32. The van der Waals surface area contributed by atoms with Crippen LogP contribution < -0.4 is 4.74 Å². The zero-order chi connectivity index (χ0) is 12.5. The summed E-state index contributed by atoms with van der Waals surface area (Å²) in [6, 6.07) is 5.23. The van der Waals surface area contributed by atoms with Crippen molar-refractivity contribution in [2.45, 2.75) is 6.61 Å². The van der Waals surface area contributed by atoms with Crippen molar-refractivity contribution in [3.63, 3.8) is 0 Å². The lowest BCUT2D eigenvalue weighted by atomic mass is 10.1. The minimum Gasteiger partial charge on any atom is -0.489 e. The van der Waals surface area contributed by atoms with Crippen LogP contribution in [0.5, 0.6) is 5.75 Å². The van der Waals surface area contributed by atoms with Crippen LogP contribution in [0.3, 0.4) is 0 Å². The van der Waals surface area contributed by atoms with Gasteiger partial charge in [-0.2, -0.15) is 0 Å². The zero-order valence-electron chi connectivity index (χ0n) is 9.72. The van der Waals surface area contributed by atoms with Gasteiger partial charge in [0.05, 0.1) is 13.2 Å². The van der Waals surface area contributed by atoms with E-state index in [0.717, 1.165) is 11.8 Å². The Hall–Kier alpha value is -1.87. The molecule has 0 heterocycles. The Morgan fingerprint density at radius 1 is 1.18 bits per heavy atom. The summed E-state index contributed by atoms with van der Waals surface area (Å²) in [5, 5.41) is 0. The molecule has 0 saturated carbocycles. The van der Waals surface area contributed by atoms with Crippen molar-refractivity contribution < 1.29 is 14.3 Å². The minimum absolute atomic E-state index is 0.389.